The Kier molecular flexibility index (Phi) is 4.52. The molecule has 1 heterocycles. The summed E-state index contributed by atoms with van der Waals surface area (Å²) < 4.78 is 2.59. The van der Waals surface area contributed by atoms with Gasteiger partial charge in [-0.25, -0.2) is 4.79 Å². The number of nitrogen functional groups attached to an aromatic ring is 1. The Labute approximate surface area is 118 Å². The Morgan fingerprint density at radius 1 is 1.35 bits per heavy atom. The molecule has 0 aliphatic heterocycles. The van der Waals surface area contributed by atoms with E-state index in [0.717, 1.165) is 29.9 Å². The SMILES string of the molecule is CCCn1c(N)c(NCCC2CCC2)c(=O)n(C)c1=O. The molecule has 6 nitrogen and oxygen atoms in total. The van der Waals surface area contributed by atoms with E-state index < -0.39 is 0 Å². The van der Waals surface area contributed by atoms with Crippen LogP contribution in [0.15, 0.2) is 9.59 Å². The lowest BCUT2D eigenvalue weighted by Crippen LogP contribution is -2.41. The first-order valence-electron chi connectivity index (χ1n) is 7.39. The van der Waals surface area contributed by atoms with Crippen molar-refractivity contribution >= 4 is 11.5 Å². The van der Waals surface area contributed by atoms with E-state index in [-0.39, 0.29) is 17.1 Å². The number of aromatic nitrogens is 2. The number of anilines is 2. The summed E-state index contributed by atoms with van der Waals surface area (Å²) in [6, 6.07) is 0. The summed E-state index contributed by atoms with van der Waals surface area (Å²) in [5.41, 5.74) is 5.66. The van der Waals surface area contributed by atoms with Crippen LogP contribution in [0.4, 0.5) is 11.5 Å². The summed E-state index contributed by atoms with van der Waals surface area (Å²) >= 11 is 0. The van der Waals surface area contributed by atoms with Crippen molar-refractivity contribution in [2.24, 2.45) is 13.0 Å². The molecule has 0 spiro atoms. The van der Waals surface area contributed by atoms with E-state index in [4.69, 9.17) is 5.73 Å². The van der Waals surface area contributed by atoms with Crippen LogP contribution in [0.3, 0.4) is 0 Å². The molecule has 1 aromatic heterocycles. The quantitative estimate of drug-likeness (QED) is 0.818. The Morgan fingerprint density at radius 2 is 2.05 bits per heavy atom. The Morgan fingerprint density at radius 3 is 2.60 bits per heavy atom. The van der Waals surface area contributed by atoms with Gasteiger partial charge in [0.05, 0.1) is 0 Å². The van der Waals surface area contributed by atoms with Crippen LogP contribution in [-0.2, 0) is 13.6 Å². The molecule has 20 heavy (non-hydrogen) atoms. The molecular weight excluding hydrogens is 256 g/mol. The third-order valence-corrected chi connectivity index (χ3v) is 4.11. The number of hydrogen-bond acceptors (Lipinski definition) is 4. The van der Waals surface area contributed by atoms with Gasteiger partial charge in [0, 0.05) is 20.1 Å². The third-order valence-electron chi connectivity index (χ3n) is 4.11. The number of nitrogens with zero attached hydrogens (tertiary/aromatic N) is 2. The number of hydrogen-bond donors (Lipinski definition) is 2. The van der Waals surface area contributed by atoms with Crippen molar-refractivity contribution in [3.05, 3.63) is 20.8 Å². The fourth-order valence-corrected chi connectivity index (χ4v) is 2.57. The molecule has 3 N–H and O–H groups in total. The van der Waals surface area contributed by atoms with Crippen molar-refractivity contribution in [1.29, 1.82) is 0 Å². The molecule has 0 bridgehead atoms. The van der Waals surface area contributed by atoms with Gasteiger partial charge in [-0.1, -0.05) is 26.2 Å². The number of rotatable bonds is 6. The smallest absolute Gasteiger partial charge is 0.332 e. The minimum absolute atomic E-state index is 0.258. The molecule has 2 rings (SSSR count). The minimum atomic E-state index is -0.348. The van der Waals surface area contributed by atoms with Crippen molar-refractivity contribution in [3.63, 3.8) is 0 Å². The van der Waals surface area contributed by atoms with Crippen LogP contribution in [-0.4, -0.2) is 15.7 Å². The van der Waals surface area contributed by atoms with E-state index in [1.165, 1.54) is 30.9 Å². The molecule has 0 saturated heterocycles. The summed E-state index contributed by atoms with van der Waals surface area (Å²) in [4.78, 5) is 24.1. The van der Waals surface area contributed by atoms with Crippen LogP contribution in [0.2, 0.25) is 0 Å². The van der Waals surface area contributed by atoms with Crippen LogP contribution in [0.1, 0.15) is 39.0 Å². The van der Waals surface area contributed by atoms with E-state index in [1.807, 2.05) is 6.92 Å². The lowest BCUT2D eigenvalue weighted by molar-refractivity contribution is 0.303. The highest BCUT2D eigenvalue weighted by molar-refractivity contribution is 5.60. The molecule has 0 amide bonds. The Balaban J connectivity index is 2.21. The molecule has 0 radical (unpaired) electrons. The van der Waals surface area contributed by atoms with Crippen molar-refractivity contribution in [3.8, 4) is 0 Å². The molecule has 6 heteroatoms. The summed E-state index contributed by atoms with van der Waals surface area (Å²) in [5.74, 6) is 1.03. The topological polar surface area (TPSA) is 82.0 Å². The number of nitrogens with one attached hydrogen (secondary N) is 1. The van der Waals surface area contributed by atoms with Crippen LogP contribution in [0, 0.1) is 5.92 Å². The van der Waals surface area contributed by atoms with Gasteiger partial charge >= 0.3 is 5.69 Å². The molecule has 112 valence electrons. The van der Waals surface area contributed by atoms with Gasteiger partial charge in [-0.15, -0.1) is 0 Å². The van der Waals surface area contributed by atoms with Gasteiger partial charge in [0.2, 0.25) is 0 Å². The van der Waals surface area contributed by atoms with Crippen molar-refractivity contribution < 1.29 is 0 Å². The number of nitrogens with two attached hydrogens (primary N) is 1. The van der Waals surface area contributed by atoms with Gasteiger partial charge in [0.15, 0.2) is 0 Å². The summed E-state index contributed by atoms with van der Waals surface area (Å²) in [5, 5.41) is 3.13. The van der Waals surface area contributed by atoms with E-state index in [1.54, 1.807) is 0 Å². The molecule has 1 fully saturated rings. The van der Waals surface area contributed by atoms with Crippen LogP contribution in [0.25, 0.3) is 0 Å². The summed E-state index contributed by atoms with van der Waals surface area (Å²) in [7, 11) is 1.49. The van der Waals surface area contributed by atoms with Gasteiger partial charge < -0.3 is 11.1 Å². The molecule has 1 aliphatic rings. The second-order valence-electron chi connectivity index (χ2n) is 5.57. The Bertz CT molecular complexity index is 584. The standard InChI is InChI=1S/C14H24N4O2/c1-3-9-18-12(15)11(13(19)17(2)14(18)20)16-8-7-10-5-4-6-10/h10,16H,3-9,15H2,1-2H3. The molecule has 1 aliphatic carbocycles. The monoisotopic (exact) mass is 280 g/mol. The maximum Gasteiger partial charge on any atom is 0.332 e. The van der Waals surface area contributed by atoms with Crippen LogP contribution < -0.4 is 22.3 Å². The van der Waals surface area contributed by atoms with Gasteiger partial charge in [0.25, 0.3) is 5.56 Å². The zero-order valence-electron chi connectivity index (χ0n) is 12.3. The maximum absolute atomic E-state index is 12.1. The third kappa shape index (κ3) is 2.73. The molecule has 1 aromatic rings. The average molecular weight is 280 g/mol. The summed E-state index contributed by atoms with van der Waals surface area (Å²) in [6.07, 6.45) is 5.73. The highest BCUT2D eigenvalue weighted by Crippen LogP contribution is 2.29. The normalized spacial score (nSPS) is 15.1. The van der Waals surface area contributed by atoms with Gasteiger partial charge in [-0.2, -0.15) is 0 Å². The molecular formula is C14H24N4O2. The van der Waals surface area contributed by atoms with Crippen molar-refractivity contribution in [2.75, 3.05) is 17.6 Å². The first kappa shape index (κ1) is 14.7. The van der Waals surface area contributed by atoms with Crippen molar-refractivity contribution in [2.45, 2.75) is 45.6 Å². The molecule has 0 atom stereocenters. The summed E-state index contributed by atoms with van der Waals surface area (Å²) in [6.45, 7) is 3.23. The largest absolute Gasteiger partial charge is 0.383 e. The van der Waals surface area contributed by atoms with E-state index in [2.05, 4.69) is 5.32 Å². The van der Waals surface area contributed by atoms with E-state index in [0.29, 0.717) is 12.2 Å². The zero-order valence-corrected chi connectivity index (χ0v) is 12.3. The molecule has 0 unspecified atom stereocenters. The van der Waals surface area contributed by atoms with Crippen molar-refractivity contribution in [1.82, 2.24) is 9.13 Å². The Hall–Kier alpha value is -1.72. The zero-order chi connectivity index (χ0) is 14.7. The highest BCUT2D eigenvalue weighted by atomic mass is 16.2. The highest BCUT2D eigenvalue weighted by Gasteiger charge is 2.18. The maximum atomic E-state index is 12.1. The molecule has 1 saturated carbocycles. The van der Waals surface area contributed by atoms with E-state index in [9.17, 15) is 9.59 Å². The van der Waals surface area contributed by atoms with Crippen LogP contribution >= 0.6 is 0 Å². The van der Waals surface area contributed by atoms with E-state index >= 15 is 0 Å². The van der Waals surface area contributed by atoms with Gasteiger partial charge in [0.1, 0.15) is 11.5 Å². The average Bonchev–Trinajstić information content (AvgIpc) is 2.38. The fourth-order valence-electron chi connectivity index (χ4n) is 2.57. The lowest BCUT2D eigenvalue weighted by atomic mass is 9.83. The fraction of sp³-hybridized carbons (Fsp3) is 0.714. The van der Waals surface area contributed by atoms with Crippen LogP contribution in [0.5, 0.6) is 0 Å². The minimum Gasteiger partial charge on any atom is -0.383 e. The second-order valence-corrected chi connectivity index (χ2v) is 5.57. The molecule has 0 aromatic carbocycles. The first-order valence-corrected chi connectivity index (χ1v) is 7.39. The van der Waals surface area contributed by atoms with Gasteiger partial charge in [-0.3, -0.25) is 13.9 Å². The lowest BCUT2D eigenvalue weighted by Gasteiger charge is -2.25. The second kappa shape index (κ2) is 6.15. The first-order chi connectivity index (χ1) is 9.56. The predicted molar refractivity (Wildman–Crippen MR) is 81.1 cm³/mol. The van der Waals surface area contributed by atoms with Gasteiger partial charge in [-0.05, 0) is 18.8 Å². The predicted octanol–water partition coefficient (Wildman–Crippen LogP) is 1.14.